The molecule has 0 aromatic carbocycles. The molecule has 8 bridgehead atoms. The van der Waals surface area contributed by atoms with E-state index in [1.165, 1.54) is 44.9 Å². The second-order valence-electron chi connectivity index (χ2n) is 16.3. The van der Waals surface area contributed by atoms with Crippen LogP contribution in [0.25, 0.3) is 0 Å². The van der Waals surface area contributed by atoms with Gasteiger partial charge in [-0.15, -0.1) is 0 Å². The van der Waals surface area contributed by atoms with Crippen LogP contribution in [-0.2, 0) is 14.3 Å². The predicted molar refractivity (Wildman–Crippen MR) is 230 cm³/mol. The largest absolute Gasteiger partial charge is 0.511 e. The first-order chi connectivity index (χ1) is 27.5. The van der Waals surface area contributed by atoms with E-state index in [1.807, 2.05) is 32.1 Å². The van der Waals surface area contributed by atoms with Crippen LogP contribution in [0, 0.1) is 11.8 Å². The zero-order chi connectivity index (χ0) is 40.6. The Labute approximate surface area is 339 Å². The fourth-order valence-electron chi connectivity index (χ4n) is 8.82. The van der Waals surface area contributed by atoms with E-state index < -0.39 is 5.97 Å². The van der Waals surface area contributed by atoms with Crippen LogP contribution >= 0.6 is 0 Å². The number of carboxylic acids is 1. The maximum absolute atomic E-state index is 13.4. The van der Waals surface area contributed by atoms with Crippen molar-refractivity contribution in [3.63, 3.8) is 0 Å². The Balaban J connectivity index is 1.21. The molecular weight excluding hydrogens is 713 g/mol. The van der Waals surface area contributed by atoms with Gasteiger partial charge < -0.3 is 20.3 Å². The summed E-state index contributed by atoms with van der Waals surface area (Å²) in [5.41, 5.74) is 11.5. The number of carbonyl (C=O) groups is 2. The van der Waals surface area contributed by atoms with Crippen molar-refractivity contribution >= 4 is 29.1 Å². The van der Waals surface area contributed by atoms with Crippen LogP contribution in [0.1, 0.15) is 151 Å². The van der Waals surface area contributed by atoms with Gasteiger partial charge in [-0.1, -0.05) is 77.9 Å². The quantitative estimate of drug-likeness (QED) is 0.0680. The van der Waals surface area contributed by atoms with Crippen molar-refractivity contribution in [1.82, 2.24) is 5.32 Å². The van der Waals surface area contributed by atoms with E-state index in [9.17, 15) is 19.8 Å². The number of aliphatic imine (C=N–C) groups is 3. The van der Waals surface area contributed by atoms with Crippen molar-refractivity contribution in [1.29, 1.82) is 0 Å². The molecule has 9 heteroatoms. The highest BCUT2D eigenvalue weighted by Gasteiger charge is 2.41. The summed E-state index contributed by atoms with van der Waals surface area (Å²) >= 11 is 0. The first-order valence-corrected chi connectivity index (χ1v) is 21.6. The summed E-state index contributed by atoms with van der Waals surface area (Å²) in [5, 5.41) is 24.6. The van der Waals surface area contributed by atoms with E-state index in [2.05, 4.69) is 45.2 Å². The maximum atomic E-state index is 13.4. The molecule has 1 saturated heterocycles. The topological polar surface area (TPSA) is 133 Å². The summed E-state index contributed by atoms with van der Waals surface area (Å²) in [6, 6.07) is 0. The molecule has 0 aromatic rings. The number of unbranched alkanes of at least 4 members (excludes halogenated alkanes) is 10. The van der Waals surface area contributed by atoms with E-state index in [0.717, 1.165) is 106 Å². The smallest absolute Gasteiger partial charge is 0.311 e. The lowest BCUT2D eigenvalue weighted by molar-refractivity contribution is -0.139. The summed E-state index contributed by atoms with van der Waals surface area (Å²) in [7, 11) is 0. The van der Waals surface area contributed by atoms with Crippen molar-refractivity contribution < 1.29 is 24.5 Å². The molecular formula is C48H62N4O5. The van der Waals surface area contributed by atoms with Crippen LogP contribution < -0.4 is 5.32 Å². The Kier molecular flexibility index (Phi) is 14.0. The van der Waals surface area contributed by atoms with Gasteiger partial charge in [0.05, 0.1) is 28.5 Å². The number of fused-ring (bicyclic) bond motifs is 5. The van der Waals surface area contributed by atoms with Crippen molar-refractivity contribution in [3.05, 3.63) is 104 Å². The molecule has 5 heterocycles. The zero-order valence-electron chi connectivity index (χ0n) is 35.0. The average molecular weight is 775 g/mol. The summed E-state index contributed by atoms with van der Waals surface area (Å²) in [6.45, 7) is 12.4. The van der Waals surface area contributed by atoms with Gasteiger partial charge in [-0.05, 0) is 101 Å². The number of aliphatic carboxylic acids is 1. The SMILES string of the molecule is CCCCCCC/C=C/CCCCCCCC(=O)OC1=C(C)C2=NC1=CC1=NC(=CC3=C(C)C4=C(O)CC(=C5NC(=C2)[C@@H](C)[C@@H]5CCC(=O)O)C4=N3)C(CC)=C1C. The van der Waals surface area contributed by atoms with Gasteiger partial charge in [0.2, 0.25) is 0 Å². The number of allylic oxidation sites excluding steroid dienone is 13. The summed E-state index contributed by atoms with van der Waals surface area (Å²) in [5.74, 6) is -0.585. The molecule has 0 saturated carbocycles. The molecule has 0 amide bonds. The van der Waals surface area contributed by atoms with Gasteiger partial charge in [0, 0.05) is 59.2 Å². The monoisotopic (exact) mass is 774 g/mol. The highest BCUT2D eigenvalue weighted by Crippen LogP contribution is 2.46. The highest BCUT2D eigenvalue weighted by molar-refractivity contribution is 6.21. The van der Waals surface area contributed by atoms with E-state index in [-0.39, 0.29) is 30.0 Å². The van der Waals surface area contributed by atoms with E-state index in [0.29, 0.717) is 36.4 Å². The number of hydrogen-bond acceptors (Lipinski definition) is 8. The summed E-state index contributed by atoms with van der Waals surface area (Å²) in [6.07, 6.45) is 26.6. The highest BCUT2D eigenvalue weighted by atomic mass is 16.5. The third-order valence-corrected chi connectivity index (χ3v) is 12.3. The van der Waals surface area contributed by atoms with Crippen LogP contribution in [0.4, 0.5) is 0 Å². The average Bonchev–Trinajstić information content (AvgIpc) is 3.93. The molecule has 57 heavy (non-hydrogen) atoms. The molecule has 6 rings (SSSR count). The van der Waals surface area contributed by atoms with Gasteiger partial charge in [0.1, 0.15) is 11.5 Å². The number of nitrogens with one attached hydrogen (secondary N) is 1. The van der Waals surface area contributed by atoms with Crippen molar-refractivity contribution in [2.24, 2.45) is 26.8 Å². The third-order valence-electron chi connectivity index (χ3n) is 12.3. The maximum Gasteiger partial charge on any atom is 0.311 e. The second kappa shape index (κ2) is 19.1. The van der Waals surface area contributed by atoms with E-state index in [1.54, 1.807) is 0 Å². The summed E-state index contributed by atoms with van der Waals surface area (Å²) in [4.78, 5) is 40.4. The molecule has 0 unspecified atom stereocenters. The Morgan fingerprint density at radius 1 is 0.825 bits per heavy atom. The van der Waals surface area contributed by atoms with Gasteiger partial charge in [-0.2, -0.15) is 0 Å². The number of hydrogen-bond donors (Lipinski definition) is 3. The number of ether oxygens (including phenoxy) is 1. The van der Waals surface area contributed by atoms with Gasteiger partial charge in [0.25, 0.3) is 0 Å². The number of aliphatic hydroxyl groups is 1. The molecule has 304 valence electrons. The number of nitrogens with zero attached hydrogens (tertiary/aromatic N) is 3. The molecule has 1 fully saturated rings. The molecule has 0 spiro atoms. The molecule has 0 radical (unpaired) electrons. The van der Waals surface area contributed by atoms with Crippen molar-refractivity contribution in [2.75, 3.05) is 0 Å². The number of carbonyl (C=O) groups excluding carboxylic acids is 1. The van der Waals surface area contributed by atoms with Crippen LogP contribution in [0.3, 0.4) is 0 Å². The van der Waals surface area contributed by atoms with Crippen molar-refractivity contribution in [2.45, 2.75) is 151 Å². The van der Waals surface area contributed by atoms with E-state index in [4.69, 9.17) is 19.7 Å². The lowest BCUT2D eigenvalue weighted by Gasteiger charge is -2.17. The molecule has 9 nitrogen and oxygen atoms in total. The zero-order valence-corrected chi connectivity index (χ0v) is 35.0. The third kappa shape index (κ3) is 9.51. The minimum atomic E-state index is -0.849. The minimum absolute atomic E-state index is 0.0171. The molecule has 2 atom stereocenters. The standard InChI is InChI=1S/C48H62N4O5/c1-7-9-10-11-12-13-14-15-16-17-18-19-20-21-22-44(56)57-48-32(6)39-26-37-30(4)34(23-24-43(54)55)46(51-37)35-25-42(53)45-31(5)38(52-47(35)45)27-40-33(8-2)29(3)36(49-40)28-41(48)50-39/h14-15,26-28,30,34,51,53H,7-13,16-25H2,1-6H3,(H,54,55)/b15-14+,37-26?,40-27?,41-28?,46-35?/t30-,34-/m0/s1. The Bertz CT molecular complexity index is 2040. The van der Waals surface area contributed by atoms with E-state index >= 15 is 0 Å². The number of esters is 1. The Morgan fingerprint density at radius 2 is 1.49 bits per heavy atom. The number of rotatable bonds is 19. The second-order valence-corrected chi connectivity index (χ2v) is 16.3. The Morgan fingerprint density at radius 3 is 2.19 bits per heavy atom. The van der Waals surface area contributed by atoms with Gasteiger partial charge >= 0.3 is 11.9 Å². The normalized spacial score (nSPS) is 21.4. The van der Waals surface area contributed by atoms with Gasteiger partial charge in [-0.3, -0.25) is 9.59 Å². The van der Waals surface area contributed by atoms with Gasteiger partial charge in [-0.25, -0.2) is 15.0 Å². The van der Waals surface area contributed by atoms with Crippen LogP contribution in [0.5, 0.6) is 0 Å². The Hall–Kier alpha value is -4.79. The first kappa shape index (κ1) is 41.8. The van der Waals surface area contributed by atoms with Crippen LogP contribution in [0.15, 0.2) is 119 Å². The fraction of sp³-hybridized carbons (Fsp3) is 0.521. The molecule has 5 aliphatic heterocycles. The number of aliphatic hydroxyl groups excluding tert-OH is 1. The molecule has 1 aliphatic carbocycles. The van der Waals surface area contributed by atoms with Gasteiger partial charge in [0.15, 0.2) is 5.76 Å². The predicted octanol–water partition coefficient (Wildman–Crippen LogP) is 11.7. The lowest BCUT2D eigenvalue weighted by atomic mass is 9.86. The van der Waals surface area contributed by atoms with Crippen molar-refractivity contribution in [3.8, 4) is 0 Å². The fourth-order valence-corrected chi connectivity index (χ4v) is 8.82. The van der Waals surface area contributed by atoms with Crippen LogP contribution in [-0.4, -0.2) is 39.3 Å². The molecule has 0 aromatic heterocycles. The molecule has 3 N–H and O–H groups in total. The first-order valence-electron chi connectivity index (χ1n) is 21.6. The summed E-state index contributed by atoms with van der Waals surface area (Å²) < 4.78 is 6.17. The minimum Gasteiger partial charge on any atom is -0.511 e. The number of carboxylic acid groups (broad SMARTS) is 1. The van der Waals surface area contributed by atoms with Crippen LogP contribution in [0.2, 0.25) is 0 Å². The lowest BCUT2D eigenvalue weighted by Crippen LogP contribution is -2.15. The molecule has 6 aliphatic rings.